The van der Waals surface area contributed by atoms with Gasteiger partial charge in [-0.15, -0.1) is 0 Å². The third-order valence-electron chi connectivity index (χ3n) is 1.34. The SMILES string of the molecule is C=C(C)P(=O)(CC)OCC. The zero-order valence-corrected chi connectivity index (χ0v) is 7.78. The van der Waals surface area contributed by atoms with Crippen LogP contribution in [0.2, 0.25) is 0 Å². The molecule has 2 nitrogen and oxygen atoms in total. The molecule has 10 heavy (non-hydrogen) atoms. The summed E-state index contributed by atoms with van der Waals surface area (Å²) in [6, 6.07) is 0. The van der Waals surface area contributed by atoms with Gasteiger partial charge in [0.25, 0.3) is 0 Å². The Bertz CT molecular complexity index is 163. The number of rotatable bonds is 4. The Balaban J connectivity index is 4.25. The highest BCUT2D eigenvalue weighted by atomic mass is 31.2. The van der Waals surface area contributed by atoms with E-state index >= 15 is 0 Å². The van der Waals surface area contributed by atoms with Crippen molar-refractivity contribution < 1.29 is 9.09 Å². The van der Waals surface area contributed by atoms with Gasteiger partial charge in [-0.05, 0) is 13.8 Å². The normalized spacial score (nSPS) is 16.3. The smallest absolute Gasteiger partial charge is 0.227 e. The molecular formula is C7H15O2P. The standard InChI is InChI=1S/C7H15O2P/c1-5-9-10(8,6-2)7(3)4/h3,5-6H2,1-2,4H3. The molecule has 0 bridgehead atoms. The van der Waals surface area contributed by atoms with Crippen LogP contribution in [0.1, 0.15) is 20.8 Å². The highest BCUT2D eigenvalue weighted by molar-refractivity contribution is 7.63. The maximum Gasteiger partial charge on any atom is 0.227 e. The summed E-state index contributed by atoms with van der Waals surface area (Å²) in [5.41, 5.74) is 0. The Kier molecular flexibility index (Phi) is 3.92. The molecule has 0 aromatic rings. The minimum Gasteiger partial charge on any atom is -0.326 e. The third-order valence-corrected chi connectivity index (χ3v) is 4.01. The van der Waals surface area contributed by atoms with E-state index in [0.717, 1.165) is 0 Å². The molecule has 0 fully saturated rings. The second-order valence-electron chi connectivity index (χ2n) is 2.14. The largest absolute Gasteiger partial charge is 0.326 e. The molecule has 0 heterocycles. The van der Waals surface area contributed by atoms with E-state index in [9.17, 15) is 4.57 Å². The molecule has 0 N–H and O–H groups in total. The van der Waals surface area contributed by atoms with Crippen LogP contribution < -0.4 is 0 Å². The van der Waals surface area contributed by atoms with Crippen LogP contribution in [0.5, 0.6) is 0 Å². The fourth-order valence-corrected chi connectivity index (χ4v) is 2.04. The van der Waals surface area contributed by atoms with Crippen molar-refractivity contribution in [3.8, 4) is 0 Å². The van der Waals surface area contributed by atoms with Crippen LogP contribution in [0.4, 0.5) is 0 Å². The Morgan fingerprint density at radius 1 is 1.60 bits per heavy atom. The summed E-state index contributed by atoms with van der Waals surface area (Å²) in [7, 11) is -2.47. The first-order valence-electron chi connectivity index (χ1n) is 3.46. The van der Waals surface area contributed by atoms with Crippen LogP contribution in [-0.4, -0.2) is 12.8 Å². The van der Waals surface area contributed by atoms with Crippen LogP contribution >= 0.6 is 7.37 Å². The van der Waals surface area contributed by atoms with E-state index < -0.39 is 7.37 Å². The first kappa shape index (κ1) is 9.93. The molecule has 60 valence electrons. The lowest BCUT2D eigenvalue weighted by atomic mass is 10.8. The van der Waals surface area contributed by atoms with Gasteiger partial charge in [-0.2, -0.15) is 0 Å². The van der Waals surface area contributed by atoms with E-state index in [4.69, 9.17) is 4.52 Å². The third kappa shape index (κ3) is 2.28. The minimum absolute atomic E-state index is 0.498. The molecule has 0 radical (unpaired) electrons. The van der Waals surface area contributed by atoms with E-state index in [2.05, 4.69) is 6.58 Å². The van der Waals surface area contributed by atoms with Gasteiger partial charge in [0.1, 0.15) is 0 Å². The summed E-state index contributed by atoms with van der Waals surface area (Å²) in [5, 5.41) is 0.664. The summed E-state index contributed by atoms with van der Waals surface area (Å²) < 4.78 is 16.7. The second-order valence-corrected chi connectivity index (χ2v) is 5.14. The zero-order chi connectivity index (χ0) is 8.20. The number of allylic oxidation sites excluding steroid dienone is 1. The molecule has 0 rings (SSSR count). The maximum absolute atomic E-state index is 11.6. The summed E-state index contributed by atoms with van der Waals surface area (Å²) in [6.45, 7) is 9.57. The molecule has 1 unspecified atom stereocenters. The highest BCUT2D eigenvalue weighted by Gasteiger charge is 2.19. The van der Waals surface area contributed by atoms with Crippen molar-refractivity contribution in [3.63, 3.8) is 0 Å². The first-order chi connectivity index (χ1) is 4.56. The van der Waals surface area contributed by atoms with Crippen molar-refractivity contribution in [2.45, 2.75) is 20.8 Å². The van der Waals surface area contributed by atoms with Crippen molar-refractivity contribution in [2.24, 2.45) is 0 Å². The van der Waals surface area contributed by atoms with E-state index in [1.54, 1.807) is 6.92 Å². The Morgan fingerprint density at radius 2 is 2.10 bits per heavy atom. The number of hydrogen-bond acceptors (Lipinski definition) is 2. The zero-order valence-electron chi connectivity index (χ0n) is 6.89. The fourth-order valence-electron chi connectivity index (χ4n) is 0.680. The van der Waals surface area contributed by atoms with Gasteiger partial charge in [-0.3, -0.25) is 4.57 Å². The van der Waals surface area contributed by atoms with Crippen molar-refractivity contribution in [1.82, 2.24) is 0 Å². The molecule has 0 aliphatic heterocycles. The van der Waals surface area contributed by atoms with Crippen molar-refractivity contribution >= 4 is 7.37 Å². The molecule has 0 saturated carbocycles. The highest BCUT2D eigenvalue weighted by Crippen LogP contribution is 2.53. The van der Waals surface area contributed by atoms with Crippen LogP contribution in [0, 0.1) is 0 Å². The summed E-state index contributed by atoms with van der Waals surface area (Å²) in [4.78, 5) is 0. The molecule has 0 aromatic heterocycles. The predicted octanol–water partition coefficient (Wildman–Crippen LogP) is 2.85. The van der Waals surface area contributed by atoms with Crippen LogP contribution in [0.25, 0.3) is 0 Å². The quantitative estimate of drug-likeness (QED) is 0.594. The molecule has 0 aromatic carbocycles. The molecule has 0 saturated heterocycles. The Labute approximate surface area is 62.7 Å². The summed E-state index contributed by atoms with van der Waals surface area (Å²) >= 11 is 0. The van der Waals surface area contributed by atoms with Crippen LogP contribution in [0.3, 0.4) is 0 Å². The molecule has 0 aliphatic carbocycles. The average Bonchev–Trinajstić information content (AvgIpc) is 1.88. The van der Waals surface area contributed by atoms with Gasteiger partial charge in [0, 0.05) is 11.5 Å². The van der Waals surface area contributed by atoms with Gasteiger partial charge in [0.15, 0.2) is 0 Å². The topological polar surface area (TPSA) is 26.3 Å². The van der Waals surface area contributed by atoms with Crippen molar-refractivity contribution in [3.05, 3.63) is 11.9 Å². The van der Waals surface area contributed by atoms with Gasteiger partial charge in [-0.1, -0.05) is 13.5 Å². The van der Waals surface area contributed by atoms with Gasteiger partial charge in [0.2, 0.25) is 7.37 Å². The van der Waals surface area contributed by atoms with E-state index in [-0.39, 0.29) is 0 Å². The van der Waals surface area contributed by atoms with Gasteiger partial charge < -0.3 is 4.52 Å². The Hall–Kier alpha value is -0.0700. The Morgan fingerprint density at radius 3 is 2.20 bits per heavy atom. The summed E-state index contributed by atoms with van der Waals surface area (Å²) in [5.74, 6) is 0. The van der Waals surface area contributed by atoms with Crippen LogP contribution in [-0.2, 0) is 9.09 Å². The van der Waals surface area contributed by atoms with Crippen LogP contribution in [0.15, 0.2) is 11.9 Å². The minimum atomic E-state index is -2.47. The van der Waals surface area contributed by atoms with Gasteiger partial charge >= 0.3 is 0 Å². The van der Waals surface area contributed by atoms with Crippen molar-refractivity contribution in [1.29, 1.82) is 0 Å². The monoisotopic (exact) mass is 162 g/mol. The van der Waals surface area contributed by atoms with Crippen molar-refractivity contribution in [2.75, 3.05) is 12.8 Å². The first-order valence-corrected chi connectivity index (χ1v) is 5.27. The molecular weight excluding hydrogens is 147 g/mol. The lowest BCUT2D eigenvalue weighted by Crippen LogP contribution is -1.92. The van der Waals surface area contributed by atoms with E-state index in [1.165, 1.54) is 0 Å². The molecule has 0 aliphatic rings. The second kappa shape index (κ2) is 3.95. The lowest BCUT2D eigenvalue weighted by molar-refractivity contribution is 0.339. The molecule has 3 heteroatoms. The lowest BCUT2D eigenvalue weighted by Gasteiger charge is -2.14. The maximum atomic E-state index is 11.6. The van der Waals surface area contributed by atoms with Gasteiger partial charge in [-0.25, -0.2) is 0 Å². The molecule has 0 amide bonds. The average molecular weight is 162 g/mol. The molecule has 0 spiro atoms. The van der Waals surface area contributed by atoms with E-state index in [0.29, 0.717) is 18.1 Å². The molecule has 1 atom stereocenters. The summed E-state index contributed by atoms with van der Waals surface area (Å²) in [6.07, 6.45) is 0.552. The number of hydrogen-bond donors (Lipinski definition) is 0. The fraction of sp³-hybridized carbons (Fsp3) is 0.714. The van der Waals surface area contributed by atoms with E-state index in [1.807, 2.05) is 13.8 Å². The van der Waals surface area contributed by atoms with Gasteiger partial charge in [0.05, 0.1) is 6.61 Å². The predicted molar refractivity (Wildman–Crippen MR) is 44.6 cm³/mol.